The molecule has 2 saturated heterocycles. The van der Waals surface area contributed by atoms with Crippen LogP contribution in [0, 0.1) is 12.7 Å². The van der Waals surface area contributed by atoms with Crippen molar-refractivity contribution in [2.45, 2.75) is 19.5 Å². The Morgan fingerprint density at radius 2 is 2.00 bits per heavy atom. The number of carbonyl (C=O) groups excluding carboxylic acids is 1. The molecule has 2 aliphatic rings. The van der Waals surface area contributed by atoms with E-state index in [0.717, 1.165) is 11.3 Å². The lowest BCUT2D eigenvalue weighted by Gasteiger charge is -2.35. The number of amides is 2. The van der Waals surface area contributed by atoms with Crippen LogP contribution in [0.15, 0.2) is 36.5 Å². The number of aryl methyl sites for hydroxylation is 1. The summed E-state index contributed by atoms with van der Waals surface area (Å²) in [5, 5.41) is 5.16. The highest BCUT2D eigenvalue weighted by Crippen LogP contribution is 2.26. The molecule has 0 unspecified atom stereocenters. The van der Waals surface area contributed by atoms with Gasteiger partial charge in [-0.15, -0.1) is 0 Å². The molecule has 166 valence electrons. The summed E-state index contributed by atoms with van der Waals surface area (Å²) >= 11 is 0. The van der Waals surface area contributed by atoms with Gasteiger partial charge in [0.2, 0.25) is 0 Å². The minimum atomic E-state index is -3.34. The van der Waals surface area contributed by atoms with Crippen molar-refractivity contribution in [2.75, 3.05) is 43.9 Å². The van der Waals surface area contributed by atoms with Crippen molar-refractivity contribution in [3.05, 3.63) is 53.6 Å². The maximum Gasteiger partial charge on any atom is 0.323 e. The average Bonchev–Trinajstić information content (AvgIpc) is 2.94. The van der Waals surface area contributed by atoms with Crippen LogP contribution in [-0.2, 0) is 16.8 Å². The largest absolute Gasteiger partial charge is 0.323 e. The Balaban J connectivity index is 1.39. The number of hydrogen-bond donors (Lipinski definition) is 2. The number of aromatic nitrogens is 1. The predicted molar refractivity (Wildman–Crippen MR) is 115 cm³/mol. The Kier molecular flexibility index (Phi) is 5.93. The normalized spacial score (nSPS) is 21.6. The monoisotopic (exact) mass is 448 g/mol. The maximum atomic E-state index is 14.3. The lowest BCUT2D eigenvalue weighted by molar-refractivity contribution is 0.140. The first-order valence-corrected chi connectivity index (χ1v) is 11.4. The van der Waals surface area contributed by atoms with Crippen LogP contribution in [0.25, 0.3) is 0 Å². The van der Waals surface area contributed by atoms with Gasteiger partial charge in [-0.05, 0) is 36.8 Å². The molecule has 11 heteroatoms. The first kappa shape index (κ1) is 21.6. The van der Waals surface area contributed by atoms with Crippen LogP contribution in [0.5, 0.6) is 0 Å². The summed E-state index contributed by atoms with van der Waals surface area (Å²) in [4.78, 5) is 18.5. The zero-order valence-electron chi connectivity index (χ0n) is 17.4. The van der Waals surface area contributed by atoms with Crippen LogP contribution >= 0.6 is 0 Å². The number of carbonyl (C=O) groups is 1. The fourth-order valence-corrected chi connectivity index (χ4v) is 5.46. The van der Waals surface area contributed by atoms with Crippen LogP contribution in [0.2, 0.25) is 0 Å². The fourth-order valence-electron chi connectivity index (χ4n) is 3.92. The third kappa shape index (κ3) is 4.69. The van der Waals surface area contributed by atoms with Gasteiger partial charge >= 0.3 is 6.03 Å². The number of fused-ring (bicyclic) bond motifs is 1. The van der Waals surface area contributed by atoms with Crippen LogP contribution < -0.4 is 10.6 Å². The third-order valence-corrected chi connectivity index (χ3v) is 7.54. The number of rotatable bonds is 4. The van der Waals surface area contributed by atoms with E-state index >= 15 is 0 Å². The lowest BCUT2D eigenvalue weighted by Crippen LogP contribution is -2.51. The predicted octanol–water partition coefficient (Wildman–Crippen LogP) is 1.85. The first-order valence-electron chi connectivity index (χ1n) is 9.97. The molecule has 1 aromatic heterocycles. The number of likely N-dealkylation sites (N-methyl/N-ethyl adjacent to an activating group) is 1. The summed E-state index contributed by atoms with van der Waals surface area (Å²) in [6, 6.07) is 7.44. The number of anilines is 2. The molecule has 31 heavy (non-hydrogen) atoms. The van der Waals surface area contributed by atoms with Crippen molar-refractivity contribution in [3.8, 4) is 0 Å². The van der Waals surface area contributed by atoms with Gasteiger partial charge in [0.25, 0.3) is 10.2 Å². The van der Waals surface area contributed by atoms with Gasteiger partial charge in [-0.2, -0.15) is 17.0 Å². The first-order chi connectivity index (χ1) is 14.7. The second-order valence-electron chi connectivity index (χ2n) is 7.87. The summed E-state index contributed by atoms with van der Waals surface area (Å²) in [6.07, 6.45) is 1.53. The van der Waals surface area contributed by atoms with Crippen molar-refractivity contribution in [3.63, 3.8) is 0 Å². The average molecular weight is 449 g/mol. The highest BCUT2D eigenvalue weighted by atomic mass is 32.2. The van der Waals surface area contributed by atoms with E-state index in [1.807, 2.05) is 6.92 Å². The summed E-state index contributed by atoms with van der Waals surface area (Å²) in [6.45, 7) is 4.45. The highest BCUT2D eigenvalue weighted by molar-refractivity contribution is 7.87. The number of nitrogens with zero attached hydrogens (tertiary/aromatic N) is 4. The molecule has 0 radical (unpaired) electrons. The second kappa shape index (κ2) is 8.50. The number of nitrogens with one attached hydrogen (secondary N) is 2. The molecule has 0 aliphatic carbocycles. The molecule has 9 nitrogen and oxygen atoms in total. The molecule has 2 amide bonds. The van der Waals surface area contributed by atoms with Gasteiger partial charge in [-0.25, -0.2) is 9.18 Å². The number of urea groups is 1. The lowest BCUT2D eigenvalue weighted by atomic mass is 10.1. The standard InChI is InChI=1S/C20H25FN6O3S/c1-14-3-5-16(10-22-14)23-20(28)24-19-9-15(4-6-18(19)21)11-26-7-8-27-17(13-26)12-25(2)31(27,29)30/h3-6,9-10,17H,7-8,11-13H2,1-2H3,(H2,23,24,28)/t17-/m0/s1. The minimum absolute atomic E-state index is 0.0804. The molecule has 0 bridgehead atoms. The topological polar surface area (TPSA) is 97.9 Å². The smallest absolute Gasteiger partial charge is 0.306 e. The van der Waals surface area contributed by atoms with Gasteiger partial charge < -0.3 is 10.6 Å². The van der Waals surface area contributed by atoms with Crippen molar-refractivity contribution >= 4 is 27.6 Å². The molecule has 0 spiro atoms. The molecule has 3 heterocycles. The van der Waals surface area contributed by atoms with Crippen LogP contribution in [-0.4, -0.2) is 72.2 Å². The van der Waals surface area contributed by atoms with Crippen LogP contribution in [0.3, 0.4) is 0 Å². The molecule has 0 saturated carbocycles. The number of halogens is 1. The summed E-state index contributed by atoms with van der Waals surface area (Å²) < 4.78 is 41.7. The minimum Gasteiger partial charge on any atom is -0.306 e. The van der Waals surface area contributed by atoms with Crippen LogP contribution in [0.1, 0.15) is 11.3 Å². The molecule has 1 atom stereocenters. The molecule has 2 fully saturated rings. The Morgan fingerprint density at radius 3 is 2.74 bits per heavy atom. The number of piperazine rings is 1. The van der Waals surface area contributed by atoms with Crippen molar-refractivity contribution in [2.24, 2.45) is 0 Å². The molecule has 2 aliphatic heterocycles. The maximum absolute atomic E-state index is 14.3. The van der Waals surface area contributed by atoms with E-state index < -0.39 is 22.1 Å². The van der Waals surface area contributed by atoms with Gasteiger partial charge in [0.15, 0.2) is 0 Å². The van der Waals surface area contributed by atoms with Crippen molar-refractivity contribution in [1.29, 1.82) is 0 Å². The van der Waals surface area contributed by atoms with E-state index in [9.17, 15) is 17.6 Å². The SMILES string of the molecule is Cc1ccc(NC(=O)Nc2cc(CN3CCN4[C@H](C3)CN(C)S4(=O)=O)ccc2F)cn1. The molecular formula is C20H25FN6O3S. The second-order valence-corrected chi connectivity index (χ2v) is 9.86. The van der Waals surface area contributed by atoms with Gasteiger partial charge in [0, 0.05) is 45.5 Å². The Hall–Kier alpha value is -2.60. The zero-order chi connectivity index (χ0) is 22.2. The quantitative estimate of drug-likeness (QED) is 0.744. The zero-order valence-corrected chi connectivity index (χ0v) is 18.2. The van der Waals surface area contributed by atoms with E-state index in [-0.39, 0.29) is 11.7 Å². The van der Waals surface area contributed by atoms with Gasteiger partial charge in [-0.3, -0.25) is 9.88 Å². The van der Waals surface area contributed by atoms with E-state index in [4.69, 9.17) is 0 Å². The Morgan fingerprint density at radius 1 is 1.19 bits per heavy atom. The molecule has 2 aromatic rings. The van der Waals surface area contributed by atoms with E-state index in [1.165, 1.54) is 16.6 Å². The van der Waals surface area contributed by atoms with Gasteiger partial charge in [0.05, 0.1) is 23.6 Å². The van der Waals surface area contributed by atoms with Crippen molar-refractivity contribution in [1.82, 2.24) is 18.5 Å². The third-order valence-electron chi connectivity index (χ3n) is 5.53. The molecule has 1 aromatic carbocycles. The van der Waals surface area contributed by atoms with Gasteiger partial charge in [0.1, 0.15) is 5.82 Å². The number of hydrogen-bond acceptors (Lipinski definition) is 5. The Labute approximate surface area is 181 Å². The summed E-state index contributed by atoms with van der Waals surface area (Å²) in [5.41, 5.74) is 2.25. The number of benzene rings is 1. The molecule has 4 rings (SSSR count). The summed E-state index contributed by atoms with van der Waals surface area (Å²) in [5.74, 6) is -0.533. The highest BCUT2D eigenvalue weighted by Gasteiger charge is 2.44. The Bertz CT molecular complexity index is 1080. The van der Waals surface area contributed by atoms with E-state index in [2.05, 4.69) is 20.5 Å². The van der Waals surface area contributed by atoms with E-state index in [1.54, 1.807) is 35.6 Å². The molecule has 2 N–H and O–H groups in total. The summed E-state index contributed by atoms with van der Waals surface area (Å²) in [7, 11) is -1.75. The number of pyridine rings is 1. The molecular weight excluding hydrogens is 423 g/mol. The van der Waals surface area contributed by atoms with Crippen LogP contribution in [0.4, 0.5) is 20.6 Å². The fraction of sp³-hybridized carbons (Fsp3) is 0.400. The van der Waals surface area contributed by atoms with Gasteiger partial charge in [-0.1, -0.05) is 6.07 Å². The van der Waals surface area contributed by atoms with E-state index in [0.29, 0.717) is 38.4 Å². The van der Waals surface area contributed by atoms with Crippen molar-refractivity contribution < 1.29 is 17.6 Å².